The van der Waals surface area contributed by atoms with Crippen LogP contribution >= 0.6 is 0 Å². The van der Waals surface area contributed by atoms with E-state index in [2.05, 4.69) is 24.1 Å². The second-order valence-corrected chi connectivity index (χ2v) is 4.16. The molecule has 1 saturated carbocycles. The van der Waals surface area contributed by atoms with Crippen LogP contribution in [0, 0.1) is 0 Å². The maximum Gasteiger partial charge on any atom is 0.0499 e. The SMILES string of the molecule is CCCC/C=C/C=NC1CCCCC1. The van der Waals surface area contributed by atoms with Crippen LogP contribution in [0.4, 0.5) is 0 Å². The first-order valence-corrected chi connectivity index (χ1v) is 6.11. The van der Waals surface area contributed by atoms with Gasteiger partial charge in [0.1, 0.15) is 0 Å². The van der Waals surface area contributed by atoms with Gasteiger partial charge in [-0.1, -0.05) is 45.1 Å². The van der Waals surface area contributed by atoms with Crippen molar-refractivity contribution in [1.82, 2.24) is 0 Å². The third-order valence-electron chi connectivity index (χ3n) is 2.82. The van der Waals surface area contributed by atoms with Crippen molar-refractivity contribution in [3.63, 3.8) is 0 Å². The number of hydrogen-bond acceptors (Lipinski definition) is 1. The van der Waals surface area contributed by atoms with Crippen LogP contribution in [0.25, 0.3) is 0 Å². The topological polar surface area (TPSA) is 12.4 Å². The third-order valence-corrected chi connectivity index (χ3v) is 2.82. The Balaban J connectivity index is 2.09. The van der Waals surface area contributed by atoms with E-state index < -0.39 is 0 Å². The summed E-state index contributed by atoms with van der Waals surface area (Å²) in [5.41, 5.74) is 0. The molecule has 1 nitrogen and oxygen atoms in total. The Labute approximate surface area is 88.3 Å². The molecule has 1 fully saturated rings. The summed E-state index contributed by atoms with van der Waals surface area (Å²) >= 11 is 0. The summed E-state index contributed by atoms with van der Waals surface area (Å²) in [5, 5.41) is 0. The lowest BCUT2D eigenvalue weighted by Crippen LogP contribution is -2.09. The van der Waals surface area contributed by atoms with Crippen LogP contribution in [0.1, 0.15) is 58.3 Å². The van der Waals surface area contributed by atoms with Gasteiger partial charge < -0.3 is 0 Å². The summed E-state index contributed by atoms with van der Waals surface area (Å²) in [7, 11) is 0. The first-order valence-electron chi connectivity index (χ1n) is 6.11. The highest BCUT2D eigenvalue weighted by atomic mass is 14.8. The molecule has 0 bridgehead atoms. The standard InChI is InChI=1S/C13H23N/c1-2-3-4-5-9-12-14-13-10-7-6-8-11-13/h5,9,12-13H,2-4,6-8,10-11H2,1H3/b9-5+,14-12?. The first-order chi connectivity index (χ1) is 6.93. The summed E-state index contributed by atoms with van der Waals surface area (Å²) in [6, 6.07) is 0.625. The minimum absolute atomic E-state index is 0.625. The second-order valence-electron chi connectivity index (χ2n) is 4.16. The van der Waals surface area contributed by atoms with Gasteiger partial charge in [0.05, 0.1) is 0 Å². The molecule has 0 amide bonds. The molecule has 0 radical (unpaired) electrons. The zero-order valence-corrected chi connectivity index (χ0v) is 9.41. The minimum atomic E-state index is 0.625. The Morgan fingerprint density at radius 3 is 2.71 bits per heavy atom. The van der Waals surface area contributed by atoms with Gasteiger partial charge in [0.25, 0.3) is 0 Å². The Hall–Kier alpha value is -0.590. The normalized spacial score (nSPS) is 19.8. The van der Waals surface area contributed by atoms with Crippen LogP contribution in [0.5, 0.6) is 0 Å². The predicted octanol–water partition coefficient (Wildman–Crippen LogP) is 4.14. The van der Waals surface area contributed by atoms with E-state index in [1.54, 1.807) is 0 Å². The van der Waals surface area contributed by atoms with Gasteiger partial charge in [-0.25, -0.2) is 0 Å². The van der Waals surface area contributed by atoms with E-state index in [0.29, 0.717) is 6.04 Å². The van der Waals surface area contributed by atoms with Gasteiger partial charge in [0.15, 0.2) is 0 Å². The average Bonchev–Trinajstić information content (AvgIpc) is 2.25. The highest BCUT2D eigenvalue weighted by Crippen LogP contribution is 2.19. The number of allylic oxidation sites excluding steroid dienone is 2. The lowest BCUT2D eigenvalue weighted by molar-refractivity contribution is 0.444. The van der Waals surface area contributed by atoms with E-state index in [4.69, 9.17) is 0 Å². The molecule has 0 unspecified atom stereocenters. The van der Waals surface area contributed by atoms with Crippen molar-refractivity contribution in [3.8, 4) is 0 Å². The predicted molar refractivity (Wildman–Crippen MR) is 64.0 cm³/mol. The van der Waals surface area contributed by atoms with Crippen molar-refractivity contribution in [2.75, 3.05) is 0 Å². The van der Waals surface area contributed by atoms with Gasteiger partial charge in [0, 0.05) is 12.3 Å². The van der Waals surface area contributed by atoms with Crippen molar-refractivity contribution in [2.24, 2.45) is 4.99 Å². The van der Waals surface area contributed by atoms with E-state index in [1.165, 1.54) is 51.4 Å². The Bertz CT molecular complexity index is 176. The van der Waals surface area contributed by atoms with Crippen molar-refractivity contribution < 1.29 is 0 Å². The maximum absolute atomic E-state index is 4.57. The zero-order chi connectivity index (χ0) is 10.1. The molecule has 14 heavy (non-hydrogen) atoms. The Morgan fingerprint density at radius 2 is 2.00 bits per heavy atom. The van der Waals surface area contributed by atoms with Crippen LogP contribution in [0.2, 0.25) is 0 Å². The van der Waals surface area contributed by atoms with Crippen LogP contribution in [0.15, 0.2) is 17.1 Å². The smallest absolute Gasteiger partial charge is 0.0499 e. The Morgan fingerprint density at radius 1 is 1.21 bits per heavy atom. The molecular formula is C13H23N. The molecule has 0 N–H and O–H groups in total. The van der Waals surface area contributed by atoms with Crippen molar-refractivity contribution in [2.45, 2.75) is 64.3 Å². The molecule has 0 aliphatic heterocycles. The molecule has 1 aliphatic carbocycles. The summed E-state index contributed by atoms with van der Waals surface area (Å²) in [5.74, 6) is 0. The summed E-state index contributed by atoms with van der Waals surface area (Å²) in [6.07, 6.45) is 16.9. The molecule has 0 aromatic carbocycles. The average molecular weight is 193 g/mol. The van der Waals surface area contributed by atoms with Gasteiger partial charge in [-0.05, 0) is 25.3 Å². The number of unbranched alkanes of at least 4 members (excludes halogenated alkanes) is 2. The van der Waals surface area contributed by atoms with Crippen molar-refractivity contribution in [3.05, 3.63) is 12.2 Å². The second kappa shape index (κ2) is 7.78. The summed E-state index contributed by atoms with van der Waals surface area (Å²) in [6.45, 7) is 2.23. The van der Waals surface area contributed by atoms with Crippen molar-refractivity contribution in [1.29, 1.82) is 0 Å². The van der Waals surface area contributed by atoms with E-state index in [-0.39, 0.29) is 0 Å². The fourth-order valence-electron chi connectivity index (χ4n) is 1.88. The van der Waals surface area contributed by atoms with E-state index in [9.17, 15) is 0 Å². The molecule has 0 saturated heterocycles. The van der Waals surface area contributed by atoms with Crippen LogP contribution in [-0.2, 0) is 0 Å². The van der Waals surface area contributed by atoms with Crippen LogP contribution < -0.4 is 0 Å². The number of rotatable bonds is 5. The first kappa shape index (κ1) is 11.5. The molecular weight excluding hydrogens is 170 g/mol. The largest absolute Gasteiger partial charge is 0.290 e. The monoisotopic (exact) mass is 193 g/mol. The summed E-state index contributed by atoms with van der Waals surface area (Å²) in [4.78, 5) is 4.57. The minimum Gasteiger partial charge on any atom is -0.290 e. The quantitative estimate of drug-likeness (QED) is 0.460. The molecule has 1 rings (SSSR count). The molecule has 80 valence electrons. The van der Waals surface area contributed by atoms with E-state index in [0.717, 1.165) is 0 Å². The van der Waals surface area contributed by atoms with E-state index in [1.807, 2.05) is 6.21 Å². The van der Waals surface area contributed by atoms with E-state index >= 15 is 0 Å². The number of aliphatic imine (C=N–C) groups is 1. The summed E-state index contributed by atoms with van der Waals surface area (Å²) < 4.78 is 0. The fourth-order valence-corrected chi connectivity index (χ4v) is 1.88. The van der Waals surface area contributed by atoms with Gasteiger partial charge in [-0.15, -0.1) is 0 Å². The molecule has 0 aromatic rings. The molecule has 0 aromatic heterocycles. The third kappa shape index (κ3) is 5.21. The fraction of sp³-hybridized carbons (Fsp3) is 0.769. The molecule has 1 heteroatoms. The number of hydrogen-bond donors (Lipinski definition) is 0. The highest BCUT2D eigenvalue weighted by molar-refractivity contribution is 5.71. The Kier molecular flexibility index (Phi) is 6.38. The maximum atomic E-state index is 4.57. The molecule has 1 aliphatic rings. The lowest BCUT2D eigenvalue weighted by atomic mass is 9.96. The van der Waals surface area contributed by atoms with Gasteiger partial charge in [-0.3, -0.25) is 4.99 Å². The van der Waals surface area contributed by atoms with Crippen LogP contribution in [0.3, 0.4) is 0 Å². The van der Waals surface area contributed by atoms with Crippen molar-refractivity contribution >= 4 is 6.21 Å². The van der Waals surface area contributed by atoms with Crippen LogP contribution in [-0.4, -0.2) is 12.3 Å². The van der Waals surface area contributed by atoms with Gasteiger partial charge in [0.2, 0.25) is 0 Å². The number of nitrogens with zero attached hydrogens (tertiary/aromatic N) is 1. The molecule has 0 heterocycles. The highest BCUT2D eigenvalue weighted by Gasteiger charge is 2.09. The zero-order valence-electron chi connectivity index (χ0n) is 9.41. The van der Waals surface area contributed by atoms with Gasteiger partial charge in [-0.2, -0.15) is 0 Å². The molecule has 0 atom stereocenters. The molecule has 0 spiro atoms. The lowest BCUT2D eigenvalue weighted by Gasteiger charge is -2.16. The van der Waals surface area contributed by atoms with Gasteiger partial charge >= 0.3 is 0 Å².